The van der Waals surface area contributed by atoms with Gasteiger partial charge in [-0.25, -0.2) is 0 Å². The number of hydrogen-bond donors (Lipinski definition) is 2. The number of nitrogens with zero attached hydrogens (tertiary/aromatic N) is 1. The van der Waals surface area contributed by atoms with Crippen LogP contribution in [-0.2, 0) is 11.5 Å². The molecule has 0 aliphatic rings. The number of benzene rings is 2. The van der Waals surface area contributed by atoms with E-state index in [4.69, 9.17) is 15.2 Å². The zero-order valence-corrected chi connectivity index (χ0v) is 21.2. The van der Waals surface area contributed by atoms with E-state index in [0.29, 0.717) is 0 Å². The van der Waals surface area contributed by atoms with E-state index in [1.54, 1.807) is 14.2 Å². The molecule has 0 saturated heterocycles. The molecule has 0 atom stereocenters. The third-order valence-corrected chi connectivity index (χ3v) is 7.15. The first-order valence-corrected chi connectivity index (χ1v) is 13.6. The van der Waals surface area contributed by atoms with Gasteiger partial charge >= 0.3 is 0 Å². The molecule has 2 rings (SSSR count). The highest BCUT2D eigenvalue weighted by Gasteiger charge is 2.05. The van der Waals surface area contributed by atoms with Crippen molar-refractivity contribution < 1.29 is 9.47 Å². The van der Waals surface area contributed by atoms with Gasteiger partial charge in [0.2, 0.25) is 0 Å². The SMILES string of the molecule is COc1ccc(CSCCNCCN(CCCN)CCSCc2ccc(OC)cc2)cc1. The van der Waals surface area contributed by atoms with Crippen molar-refractivity contribution in [2.24, 2.45) is 5.73 Å². The van der Waals surface area contributed by atoms with Crippen molar-refractivity contribution in [3.05, 3.63) is 59.7 Å². The van der Waals surface area contributed by atoms with E-state index in [-0.39, 0.29) is 0 Å². The first kappa shape index (κ1) is 26.9. The predicted octanol–water partition coefficient (Wildman–Crippen LogP) is 4.11. The molecule has 0 spiro atoms. The Bertz CT molecular complexity index is 714. The molecule has 0 saturated carbocycles. The lowest BCUT2D eigenvalue weighted by Crippen LogP contribution is -2.35. The van der Waals surface area contributed by atoms with Gasteiger partial charge in [0.05, 0.1) is 14.2 Å². The Balaban J connectivity index is 1.54. The molecule has 0 aliphatic carbocycles. The molecule has 2 aromatic rings. The number of ether oxygens (including phenoxy) is 2. The number of methoxy groups -OCH3 is 2. The molecule has 0 bridgehead atoms. The van der Waals surface area contributed by atoms with Crippen LogP contribution in [0.4, 0.5) is 0 Å². The highest BCUT2D eigenvalue weighted by molar-refractivity contribution is 7.98. The normalized spacial score (nSPS) is 11.1. The van der Waals surface area contributed by atoms with Gasteiger partial charge in [0.1, 0.15) is 11.5 Å². The summed E-state index contributed by atoms with van der Waals surface area (Å²) in [6.45, 7) is 6.08. The second-order valence-electron chi connectivity index (χ2n) is 7.54. The van der Waals surface area contributed by atoms with Gasteiger partial charge in [-0.1, -0.05) is 24.3 Å². The lowest BCUT2D eigenvalue weighted by Gasteiger charge is -2.22. The zero-order chi connectivity index (χ0) is 22.9. The van der Waals surface area contributed by atoms with Crippen molar-refractivity contribution in [3.8, 4) is 11.5 Å². The number of rotatable bonds is 18. The van der Waals surface area contributed by atoms with Crippen molar-refractivity contribution in [3.63, 3.8) is 0 Å². The molecule has 0 aromatic heterocycles. The van der Waals surface area contributed by atoms with Crippen LogP contribution in [0.25, 0.3) is 0 Å². The minimum Gasteiger partial charge on any atom is -0.497 e. The van der Waals surface area contributed by atoms with E-state index >= 15 is 0 Å². The van der Waals surface area contributed by atoms with Crippen LogP contribution < -0.4 is 20.5 Å². The smallest absolute Gasteiger partial charge is 0.118 e. The van der Waals surface area contributed by atoms with Crippen LogP contribution in [0.15, 0.2) is 48.5 Å². The van der Waals surface area contributed by atoms with Gasteiger partial charge in [-0.2, -0.15) is 23.5 Å². The topological polar surface area (TPSA) is 59.8 Å². The minimum atomic E-state index is 0.755. The third-order valence-electron chi connectivity index (χ3n) is 5.11. The molecule has 0 unspecified atom stereocenters. The molecule has 7 heteroatoms. The van der Waals surface area contributed by atoms with Gasteiger partial charge in [0, 0.05) is 49.2 Å². The summed E-state index contributed by atoms with van der Waals surface area (Å²) in [5.41, 5.74) is 8.43. The fourth-order valence-corrected chi connectivity index (χ4v) is 4.99. The maximum atomic E-state index is 5.74. The van der Waals surface area contributed by atoms with Crippen LogP contribution in [0.2, 0.25) is 0 Å². The maximum absolute atomic E-state index is 5.74. The van der Waals surface area contributed by atoms with Crippen molar-refractivity contribution >= 4 is 23.5 Å². The van der Waals surface area contributed by atoms with Crippen LogP contribution >= 0.6 is 23.5 Å². The average molecular weight is 478 g/mol. The molecule has 2 aromatic carbocycles. The number of nitrogens with one attached hydrogen (secondary N) is 1. The third kappa shape index (κ3) is 11.5. The number of nitrogens with two attached hydrogens (primary N) is 1. The van der Waals surface area contributed by atoms with Crippen LogP contribution in [0, 0.1) is 0 Å². The monoisotopic (exact) mass is 477 g/mol. The van der Waals surface area contributed by atoms with Gasteiger partial charge < -0.3 is 25.4 Å². The minimum absolute atomic E-state index is 0.755. The molecular weight excluding hydrogens is 438 g/mol. The second kappa shape index (κ2) is 17.1. The fraction of sp³-hybridized carbons (Fsp3) is 0.520. The van der Waals surface area contributed by atoms with E-state index in [2.05, 4.69) is 34.5 Å². The highest BCUT2D eigenvalue weighted by atomic mass is 32.2. The Hall–Kier alpha value is -1.38. The van der Waals surface area contributed by atoms with Crippen molar-refractivity contribution in [1.29, 1.82) is 0 Å². The molecule has 0 fully saturated rings. The summed E-state index contributed by atoms with van der Waals surface area (Å²) >= 11 is 3.95. The summed E-state index contributed by atoms with van der Waals surface area (Å²) < 4.78 is 10.4. The Morgan fingerprint density at radius 2 is 1.31 bits per heavy atom. The van der Waals surface area contributed by atoms with E-state index < -0.39 is 0 Å². The molecule has 178 valence electrons. The van der Waals surface area contributed by atoms with Gasteiger partial charge in [-0.05, 0) is 54.9 Å². The first-order chi connectivity index (χ1) is 15.7. The van der Waals surface area contributed by atoms with E-state index in [9.17, 15) is 0 Å². The van der Waals surface area contributed by atoms with Crippen LogP contribution in [0.1, 0.15) is 17.5 Å². The quantitative estimate of drug-likeness (QED) is 0.313. The van der Waals surface area contributed by atoms with Gasteiger partial charge in [0.25, 0.3) is 0 Å². The van der Waals surface area contributed by atoms with Gasteiger partial charge in [-0.3, -0.25) is 0 Å². The molecule has 0 aliphatic heterocycles. The summed E-state index contributed by atoms with van der Waals surface area (Å²) in [5.74, 6) is 6.16. The lowest BCUT2D eigenvalue weighted by molar-refractivity contribution is 0.288. The number of thioether (sulfide) groups is 2. The summed E-state index contributed by atoms with van der Waals surface area (Å²) in [5, 5.41) is 3.59. The average Bonchev–Trinajstić information content (AvgIpc) is 2.84. The van der Waals surface area contributed by atoms with Gasteiger partial charge in [-0.15, -0.1) is 0 Å². The summed E-state index contributed by atoms with van der Waals surface area (Å²) in [6, 6.07) is 16.7. The van der Waals surface area contributed by atoms with Crippen LogP contribution in [-0.4, -0.2) is 69.9 Å². The van der Waals surface area contributed by atoms with Crippen LogP contribution in [0.5, 0.6) is 11.5 Å². The van der Waals surface area contributed by atoms with Gasteiger partial charge in [0.15, 0.2) is 0 Å². The summed E-state index contributed by atoms with van der Waals surface area (Å²) in [4.78, 5) is 2.53. The van der Waals surface area contributed by atoms with Crippen molar-refractivity contribution in [2.45, 2.75) is 17.9 Å². The van der Waals surface area contributed by atoms with Crippen LogP contribution in [0.3, 0.4) is 0 Å². The molecular formula is C25H39N3O2S2. The standard InChI is InChI=1S/C25H39N3O2S2/c1-29-24-8-4-22(5-9-24)20-31-18-14-27-13-16-28(15-3-12-26)17-19-32-21-23-6-10-25(30-2)11-7-23/h4-11,27H,3,12-21,26H2,1-2H3. The molecule has 0 radical (unpaired) electrons. The lowest BCUT2D eigenvalue weighted by atomic mass is 10.2. The van der Waals surface area contributed by atoms with E-state index in [1.807, 2.05) is 47.8 Å². The second-order valence-corrected chi connectivity index (χ2v) is 9.75. The molecule has 0 amide bonds. The van der Waals surface area contributed by atoms with Crippen molar-refractivity contribution in [2.75, 3.05) is 65.0 Å². The summed E-state index contributed by atoms with van der Waals surface area (Å²) in [7, 11) is 3.41. The van der Waals surface area contributed by atoms with E-state index in [0.717, 1.165) is 80.2 Å². The first-order valence-electron chi connectivity index (χ1n) is 11.3. The highest BCUT2D eigenvalue weighted by Crippen LogP contribution is 2.17. The number of hydrogen-bond acceptors (Lipinski definition) is 7. The zero-order valence-electron chi connectivity index (χ0n) is 19.6. The molecule has 32 heavy (non-hydrogen) atoms. The molecule has 5 nitrogen and oxygen atoms in total. The molecule has 0 heterocycles. The molecule has 3 N–H and O–H groups in total. The largest absolute Gasteiger partial charge is 0.497 e. The Kier molecular flexibility index (Phi) is 14.4. The van der Waals surface area contributed by atoms with E-state index in [1.165, 1.54) is 11.1 Å². The predicted molar refractivity (Wildman–Crippen MR) is 141 cm³/mol. The Morgan fingerprint density at radius 1 is 0.750 bits per heavy atom. The maximum Gasteiger partial charge on any atom is 0.118 e. The Morgan fingerprint density at radius 3 is 1.84 bits per heavy atom. The Labute approximate surface area is 202 Å². The summed E-state index contributed by atoms with van der Waals surface area (Å²) in [6.07, 6.45) is 1.06. The van der Waals surface area contributed by atoms with Crippen molar-refractivity contribution in [1.82, 2.24) is 10.2 Å². The fourth-order valence-electron chi connectivity index (χ4n) is 3.17.